The average Bonchev–Trinajstić information content (AvgIpc) is 2.98. The first-order valence-electron chi connectivity index (χ1n) is 5.62. The Balaban J connectivity index is 2.04. The van der Waals surface area contributed by atoms with Crippen molar-refractivity contribution in [2.24, 2.45) is 7.05 Å². The third-order valence-corrected chi connectivity index (χ3v) is 3.36. The van der Waals surface area contributed by atoms with E-state index in [-0.39, 0.29) is 5.69 Å². The normalized spacial score (nSPS) is 12.7. The minimum Gasteiger partial charge on any atom is -0.322 e. The molecule has 2 rings (SSSR count). The van der Waals surface area contributed by atoms with Crippen molar-refractivity contribution in [1.82, 2.24) is 25.0 Å². The smallest absolute Gasteiger partial charge is 0.284 e. The first kappa shape index (κ1) is 14.4. The lowest BCUT2D eigenvalue weighted by molar-refractivity contribution is -0.115. The molecule has 108 valence electrons. The third kappa shape index (κ3) is 3.32. The summed E-state index contributed by atoms with van der Waals surface area (Å²) >= 11 is 1.14. The molecule has 0 aromatic carbocycles. The number of aromatic nitrogens is 5. The second-order valence-corrected chi connectivity index (χ2v) is 5.27. The van der Waals surface area contributed by atoms with Crippen molar-refractivity contribution in [2.45, 2.75) is 23.8 Å². The number of halogens is 2. The summed E-state index contributed by atoms with van der Waals surface area (Å²) in [6, 6.07) is 0. The molecular weight excluding hydrogens is 290 g/mol. The van der Waals surface area contributed by atoms with Crippen LogP contribution in [0, 0.1) is 0 Å². The fourth-order valence-electron chi connectivity index (χ4n) is 1.47. The fraction of sp³-hybridized carbons (Fsp3) is 0.400. The van der Waals surface area contributed by atoms with Gasteiger partial charge in [-0.2, -0.15) is 10.2 Å². The van der Waals surface area contributed by atoms with Crippen LogP contribution >= 0.6 is 11.8 Å². The van der Waals surface area contributed by atoms with Crippen molar-refractivity contribution in [3.63, 3.8) is 0 Å². The number of aromatic amines is 1. The van der Waals surface area contributed by atoms with Crippen LogP contribution in [0.1, 0.15) is 19.0 Å². The highest BCUT2D eigenvalue weighted by Crippen LogP contribution is 2.26. The van der Waals surface area contributed by atoms with Crippen LogP contribution in [-0.4, -0.2) is 36.1 Å². The molecular formula is C10H12F2N6OS. The van der Waals surface area contributed by atoms with Gasteiger partial charge < -0.3 is 5.32 Å². The predicted molar refractivity (Wildman–Crippen MR) is 68.5 cm³/mol. The van der Waals surface area contributed by atoms with Gasteiger partial charge in [0.1, 0.15) is 6.33 Å². The van der Waals surface area contributed by atoms with Crippen molar-refractivity contribution in [2.75, 3.05) is 5.32 Å². The largest absolute Gasteiger partial charge is 0.322 e. The lowest BCUT2D eigenvalue weighted by Crippen LogP contribution is -2.23. The SMILES string of the molecule is CC(Sc1ncn[nH]1)C(=O)Nc1cn(C)nc1C(F)F. The Morgan fingerprint density at radius 3 is 2.90 bits per heavy atom. The Morgan fingerprint density at radius 1 is 1.55 bits per heavy atom. The number of rotatable bonds is 5. The molecule has 0 bridgehead atoms. The topological polar surface area (TPSA) is 88.5 Å². The third-order valence-electron chi connectivity index (χ3n) is 2.37. The average molecular weight is 302 g/mol. The predicted octanol–water partition coefficient (Wildman–Crippen LogP) is 1.60. The van der Waals surface area contributed by atoms with Gasteiger partial charge in [-0.05, 0) is 6.92 Å². The van der Waals surface area contributed by atoms with E-state index < -0.39 is 23.3 Å². The van der Waals surface area contributed by atoms with Crippen LogP contribution in [0.3, 0.4) is 0 Å². The molecule has 0 aliphatic heterocycles. The minimum absolute atomic E-state index is 0.0116. The van der Waals surface area contributed by atoms with Crippen LogP contribution in [0.25, 0.3) is 0 Å². The summed E-state index contributed by atoms with van der Waals surface area (Å²) in [4.78, 5) is 15.8. The number of alkyl halides is 2. The Labute approximate surface area is 117 Å². The summed E-state index contributed by atoms with van der Waals surface area (Å²) in [5.74, 6) is -0.415. The van der Waals surface area contributed by atoms with Gasteiger partial charge >= 0.3 is 0 Å². The summed E-state index contributed by atoms with van der Waals surface area (Å²) in [7, 11) is 1.51. The van der Waals surface area contributed by atoms with Crippen LogP contribution in [-0.2, 0) is 11.8 Å². The van der Waals surface area contributed by atoms with Gasteiger partial charge in [0.2, 0.25) is 5.91 Å². The number of carbonyl (C=O) groups is 1. The molecule has 2 aromatic heterocycles. The van der Waals surface area contributed by atoms with Gasteiger partial charge in [0.15, 0.2) is 10.9 Å². The van der Waals surface area contributed by atoms with Crippen LogP contribution < -0.4 is 5.32 Å². The lowest BCUT2D eigenvalue weighted by Gasteiger charge is -2.09. The number of anilines is 1. The van der Waals surface area contributed by atoms with Gasteiger partial charge in [-0.3, -0.25) is 14.6 Å². The molecule has 7 nitrogen and oxygen atoms in total. The van der Waals surface area contributed by atoms with E-state index in [0.29, 0.717) is 5.16 Å². The Bertz CT molecular complexity index is 585. The number of thioether (sulfide) groups is 1. The van der Waals surface area contributed by atoms with E-state index in [9.17, 15) is 13.6 Å². The van der Waals surface area contributed by atoms with Gasteiger partial charge in [-0.1, -0.05) is 11.8 Å². The van der Waals surface area contributed by atoms with Gasteiger partial charge in [-0.25, -0.2) is 13.8 Å². The van der Waals surface area contributed by atoms with Crippen molar-refractivity contribution >= 4 is 23.4 Å². The standard InChI is InChI=1S/C10H12F2N6OS/c1-5(20-10-13-4-14-16-10)9(19)15-6-3-18(2)17-7(6)8(11)12/h3-5,8H,1-2H3,(H,15,19)(H,13,14,16). The quantitative estimate of drug-likeness (QED) is 0.819. The number of aryl methyl sites for hydroxylation is 1. The number of H-pyrrole nitrogens is 1. The minimum atomic E-state index is -2.75. The first-order valence-corrected chi connectivity index (χ1v) is 6.50. The van der Waals surface area contributed by atoms with Crippen molar-refractivity contribution in [3.8, 4) is 0 Å². The van der Waals surface area contributed by atoms with E-state index in [1.165, 1.54) is 24.3 Å². The van der Waals surface area contributed by atoms with Gasteiger partial charge in [-0.15, -0.1) is 0 Å². The lowest BCUT2D eigenvalue weighted by atomic mass is 10.3. The van der Waals surface area contributed by atoms with E-state index in [4.69, 9.17) is 0 Å². The molecule has 0 saturated heterocycles. The maximum atomic E-state index is 12.7. The van der Waals surface area contributed by atoms with Crippen molar-refractivity contribution < 1.29 is 13.6 Å². The first-order chi connectivity index (χ1) is 9.47. The van der Waals surface area contributed by atoms with E-state index in [1.54, 1.807) is 6.92 Å². The van der Waals surface area contributed by atoms with Crippen LogP contribution in [0.15, 0.2) is 17.7 Å². The summed E-state index contributed by atoms with van der Waals surface area (Å²) in [6.45, 7) is 1.64. The van der Waals surface area contributed by atoms with E-state index in [1.807, 2.05) is 0 Å². The molecule has 2 aromatic rings. The number of hydrogen-bond donors (Lipinski definition) is 2. The molecule has 2 heterocycles. The summed E-state index contributed by atoms with van der Waals surface area (Å²) in [6.07, 6.45) is -0.0856. The Hall–Kier alpha value is -1.97. The number of nitrogens with one attached hydrogen (secondary N) is 2. The van der Waals surface area contributed by atoms with Crippen LogP contribution in [0.2, 0.25) is 0 Å². The second-order valence-electron chi connectivity index (χ2n) is 3.94. The number of hydrogen-bond acceptors (Lipinski definition) is 5. The molecule has 0 radical (unpaired) electrons. The van der Waals surface area contributed by atoms with Crippen molar-refractivity contribution in [3.05, 3.63) is 18.2 Å². The number of nitrogens with zero attached hydrogens (tertiary/aromatic N) is 4. The highest BCUT2D eigenvalue weighted by Gasteiger charge is 2.22. The molecule has 20 heavy (non-hydrogen) atoms. The van der Waals surface area contributed by atoms with Crippen molar-refractivity contribution in [1.29, 1.82) is 0 Å². The molecule has 2 N–H and O–H groups in total. The zero-order valence-corrected chi connectivity index (χ0v) is 11.5. The van der Waals surface area contributed by atoms with Crippen LogP contribution in [0.4, 0.5) is 14.5 Å². The zero-order valence-electron chi connectivity index (χ0n) is 10.7. The molecule has 0 saturated carbocycles. The molecule has 1 amide bonds. The molecule has 0 aliphatic rings. The zero-order chi connectivity index (χ0) is 14.7. The highest BCUT2D eigenvalue weighted by atomic mass is 32.2. The molecule has 0 spiro atoms. The van der Waals surface area contributed by atoms with Crippen LogP contribution in [0.5, 0.6) is 0 Å². The molecule has 1 atom stereocenters. The molecule has 10 heteroatoms. The number of carbonyl (C=O) groups excluding carboxylic acids is 1. The molecule has 0 aliphatic carbocycles. The highest BCUT2D eigenvalue weighted by molar-refractivity contribution is 8.00. The van der Waals surface area contributed by atoms with E-state index in [2.05, 4.69) is 25.6 Å². The molecule has 0 fully saturated rings. The van der Waals surface area contributed by atoms with Gasteiger partial charge in [0, 0.05) is 13.2 Å². The maximum absolute atomic E-state index is 12.7. The Morgan fingerprint density at radius 2 is 2.30 bits per heavy atom. The second kappa shape index (κ2) is 5.99. The monoisotopic (exact) mass is 302 g/mol. The summed E-state index contributed by atoms with van der Waals surface area (Å²) < 4.78 is 26.7. The number of amides is 1. The maximum Gasteiger partial charge on any atom is 0.284 e. The van der Waals surface area contributed by atoms with Gasteiger partial charge in [0.25, 0.3) is 6.43 Å². The Kier molecular flexibility index (Phi) is 4.32. The van der Waals surface area contributed by atoms with E-state index in [0.717, 1.165) is 11.8 Å². The summed E-state index contributed by atoms with van der Waals surface area (Å²) in [5.41, 5.74) is -0.435. The fourth-order valence-corrected chi connectivity index (χ4v) is 2.18. The van der Waals surface area contributed by atoms with Gasteiger partial charge in [0.05, 0.1) is 10.9 Å². The van der Waals surface area contributed by atoms with E-state index >= 15 is 0 Å². The molecule has 1 unspecified atom stereocenters. The summed E-state index contributed by atoms with van der Waals surface area (Å²) in [5, 5.41) is 12.3.